The molecule has 0 fully saturated rings. The lowest BCUT2D eigenvalue weighted by molar-refractivity contribution is 0.365. The summed E-state index contributed by atoms with van der Waals surface area (Å²) in [5, 5.41) is 39.4. The summed E-state index contributed by atoms with van der Waals surface area (Å²) in [7, 11) is 0. The number of fused-ring (bicyclic) bond motifs is 1. The quantitative estimate of drug-likeness (QED) is 0.470. The molecule has 20 heavy (non-hydrogen) atoms. The van der Waals surface area contributed by atoms with Crippen LogP contribution in [-0.4, -0.2) is 25.5 Å². The van der Waals surface area contributed by atoms with Crippen LogP contribution < -0.4 is 5.32 Å². The van der Waals surface area contributed by atoms with Crippen molar-refractivity contribution in [3.8, 4) is 17.2 Å². The molecule has 0 aliphatic heterocycles. The molecule has 0 spiro atoms. The molecule has 1 heterocycles. The largest absolute Gasteiger partial charge is 0.504 e. The first kappa shape index (κ1) is 12.2. The zero-order valence-corrected chi connectivity index (χ0v) is 10.5. The number of aromatic hydroxyl groups is 3. The number of aromatic amines is 1. The van der Waals surface area contributed by atoms with Gasteiger partial charge in [0.05, 0.1) is 11.7 Å². The van der Waals surface area contributed by atoms with Crippen molar-refractivity contribution >= 4 is 16.6 Å². The minimum Gasteiger partial charge on any atom is -0.504 e. The molecule has 6 nitrogen and oxygen atoms in total. The van der Waals surface area contributed by atoms with Crippen LogP contribution in [0, 0.1) is 0 Å². The lowest BCUT2D eigenvalue weighted by atomic mass is 10.1. The highest BCUT2D eigenvalue weighted by molar-refractivity contribution is 5.81. The van der Waals surface area contributed by atoms with Crippen LogP contribution in [0.4, 0.5) is 5.69 Å². The molecule has 0 amide bonds. The molecule has 1 aromatic heterocycles. The zero-order chi connectivity index (χ0) is 14.1. The van der Waals surface area contributed by atoms with Gasteiger partial charge in [-0.3, -0.25) is 5.10 Å². The number of phenolic OH excluding ortho intramolecular Hbond substituents is 3. The van der Waals surface area contributed by atoms with Gasteiger partial charge in [0.2, 0.25) is 5.75 Å². The van der Waals surface area contributed by atoms with Crippen molar-refractivity contribution in [1.82, 2.24) is 10.2 Å². The Kier molecular flexibility index (Phi) is 2.83. The maximum Gasteiger partial charge on any atom is 0.200 e. The highest BCUT2D eigenvalue weighted by Crippen LogP contribution is 2.37. The first-order chi connectivity index (χ1) is 9.65. The van der Waals surface area contributed by atoms with E-state index in [0.29, 0.717) is 12.1 Å². The van der Waals surface area contributed by atoms with Crippen LogP contribution >= 0.6 is 0 Å². The third-order valence-electron chi connectivity index (χ3n) is 3.14. The number of hydrogen-bond donors (Lipinski definition) is 5. The third kappa shape index (κ3) is 2.07. The molecule has 3 rings (SSSR count). The molecule has 0 aliphatic rings. The number of hydrogen-bond acceptors (Lipinski definition) is 5. The van der Waals surface area contributed by atoms with Gasteiger partial charge in [0.25, 0.3) is 0 Å². The number of rotatable bonds is 3. The van der Waals surface area contributed by atoms with Crippen molar-refractivity contribution < 1.29 is 15.3 Å². The predicted octanol–water partition coefficient (Wildman–Crippen LogP) is 2.29. The second kappa shape index (κ2) is 4.65. The molecule has 0 aliphatic carbocycles. The summed E-state index contributed by atoms with van der Waals surface area (Å²) in [6, 6.07) is 8.61. The second-order valence-electron chi connectivity index (χ2n) is 4.47. The molecule has 102 valence electrons. The fourth-order valence-corrected chi connectivity index (χ4v) is 2.00. The second-order valence-corrected chi connectivity index (χ2v) is 4.47. The van der Waals surface area contributed by atoms with Gasteiger partial charge in [-0.15, -0.1) is 0 Å². The Morgan fingerprint density at radius 2 is 1.90 bits per heavy atom. The van der Waals surface area contributed by atoms with Crippen molar-refractivity contribution in [2.45, 2.75) is 6.54 Å². The molecule has 0 saturated heterocycles. The van der Waals surface area contributed by atoms with Crippen molar-refractivity contribution in [3.05, 3.63) is 42.1 Å². The summed E-state index contributed by atoms with van der Waals surface area (Å²) in [5.41, 5.74) is 2.26. The fourth-order valence-electron chi connectivity index (χ4n) is 2.00. The van der Waals surface area contributed by atoms with E-state index in [1.54, 1.807) is 12.3 Å². The Balaban J connectivity index is 1.80. The standard InChI is InChI=1S/C14H13N3O3/c18-12-4-2-9(13(19)14(12)20)6-15-10-3-1-8-7-16-17-11(8)5-10/h1-5,7,15,18-20H,6H2,(H,16,17). The lowest BCUT2D eigenvalue weighted by Crippen LogP contribution is -1.99. The Morgan fingerprint density at radius 3 is 2.75 bits per heavy atom. The molecular weight excluding hydrogens is 258 g/mol. The Morgan fingerprint density at radius 1 is 1.05 bits per heavy atom. The van der Waals surface area contributed by atoms with Crippen LogP contribution in [0.25, 0.3) is 10.9 Å². The first-order valence-corrected chi connectivity index (χ1v) is 6.05. The molecule has 6 heteroatoms. The highest BCUT2D eigenvalue weighted by atomic mass is 16.3. The van der Waals surface area contributed by atoms with E-state index >= 15 is 0 Å². The molecule has 0 radical (unpaired) electrons. The van der Waals surface area contributed by atoms with Gasteiger partial charge in [-0.05, 0) is 30.3 Å². The summed E-state index contributed by atoms with van der Waals surface area (Å²) in [6.07, 6.45) is 1.74. The molecule has 0 atom stereocenters. The number of benzene rings is 2. The average Bonchev–Trinajstić information content (AvgIpc) is 2.91. The van der Waals surface area contributed by atoms with Crippen LogP contribution in [-0.2, 0) is 6.54 Å². The van der Waals surface area contributed by atoms with Crippen molar-refractivity contribution in [2.75, 3.05) is 5.32 Å². The summed E-state index contributed by atoms with van der Waals surface area (Å²) in [4.78, 5) is 0. The summed E-state index contributed by atoms with van der Waals surface area (Å²) in [6.45, 7) is 0.319. The van der Waals surface area contributed by atoms with E-state index in [4.69, 9.17) is 0 Å². The van der Waals surface area contributed by atoms with Crippen LogP contribution in [0.2, 0.25) is 0 Å². The lowest BCUT2D eigenvalue weighted by Gasteiger charge is -2.10. The van der Waals surface area contributed by atoms with Gasteiger partial charge in [-0.2, -0.15) is 5.10 Å². The van der Waals surface area contributed by atoms with Gasteiger partial charge >= 0.3 is 0 Å². The smallest absolute Gasteiger partial charge is 0.200 e. The molecule has 3 aromatic rings. The van der Waals surface area contributed by atoms with E-state index < -0.39 is 5.75 Å². The number of phenols is 3. The van der Waals surface area contributed by atoms with Gasteiger partial charge in [-0.25, -0.2) is 0 Å². The van der Waals surface area contributed by atoms with Gasteiger partial charge in [0.1, 0.15) is 0 Å². The van der Waals surface area contributed by atoms with Gasteiger partial charge in [0, 0.05) is 23.2 Å². The normalized spacial score (nSPS) is 10.8. The summed E-state index contributed by atoms with van der Waals surface area (Å²) < 4.78 is 0. The first-order valence-electron chi connectivity index (χ1n) is 6.05. The molecular formula is C14H13N3O3. The third-order valence-corrected chi connectivity index (χ3v) is 3.14. The van der Waals surface area contributed by atoms with Crippen LogP contribution in [0.3, 0.4) is 0 Å². The van der Waals surface area contributed by atoms with Gasteiger partial charge in [-0.1, -0.05) is 0 Å². The fraction of sp³-hybridized carbons (Fsp3) is 0.0714. The molecule has 0 saturated carbocycles. The number of nitrogens with one attached hydrogen (secondary N) is 2. The highest BCUT2D eigenvalue weighted by Gasteiger charge is 2.10. The Hall–Kier alpha value is -2.89. The average molecular weight is 271 g/mol. The maximum absolute atomic E-state index is 9.73. The van der Waals surface area contributed by atoms with Crippen LogP contribution in [0.5, 0.6) is 17.2 Å². The van der Waals surface area contributed by atoms with Crippen molar-refractivity contribution in [3.63, 3.8) is 0 Å². The van der Waals surface area contributed by atoms with Crippen LogP contribution in [0.1, 0.15) is 5.56 Å². The number of H-pyrrole nitrogens is 1. The predicted molar refractivity (Wildman–Crippen MR) is 74.9 cm³/mol. The van der Waals surface area contributed by atoms with Crippen molar-refractivity contribution in [2.24, 2.45) is 0 Å². The minimum atomic E-state index is -0.506. The molecule has 5 N–H and O–H groups in total. The van der Waals surface area contributed by atoms with Crippen molar-refractivity contribution in [1.29, 1.82) is 0 Å². The monoisotopic (exact) mass is 271 g/mol. The topological polar surface area (TPSA) is 101 Å². The number of aromatic nitrogens is 2. The van der Waals surface area contributed by atoms with E-state index in [9.17, 15) is 15.3 Å². The number of nitrogens with zero attached hydrogens (tertiary/aromatic N) is 1. The van der Waals surface area contributed by atoms with Gasteiger partial charge in [0.15, 0.2) is 11.5 Å². The van der Waals surface area contributed by atoms with E-state index in [1.165, 1.54) is 6.07 Å². The van der Waals surface area contributed by atoms with E-state index in [2.05, 4.69) is 15.5 Å². The zero-order valence-electron chi connectivity index (χ0n) is 10.5. The van der Waals surface area contributed by atoms with E-state index in [0.717, 1.165) is 16.6 Å². The van der Waals surface area contributed by atoms with E-state index in [1.807, 2.05) is 18.2 Å². The van der Waals surface area contributed by atoms with Crippen LogP contribution in [0.15, 0.2) is 36.5 Å². The summed E-state index contributed by atoms with van der Waals surface area (Å²) >= 11 is 0. The number of anilines is 1. The van der Waals surface area contributed by atoms with E-state index in [-0.39, 0.29) is 11.5 Å². The molecule has 2 aromatic carbocycles. The Labute approximate surface area is 114 Å². The summed E-state index contributed by atoms with van der Waals surface area (Å²) in [5.74, 6) is -1.17. The van der Waals surface area contributed by atoms with Gasteiger partial charge < -0.3 is 20.6 Å². The molecule has 0 unspecified atom stereocenters. The molecule has 0 bridgehead atoms. The Bertz CT molecular complexity index is 767. The minimum absolute atomic E-state index is 0.319. The SMILES string of the molecule is Oc1ccc(CNc2ccc3cn[nH]c3c2)c(O)c1O. The maximum atomic E-state index is 9.73.